The number of esters is 1. The van der Waals surface area contributed by atoms with Crippen LogP contribution in [0.5, 0.6) is 5.75 Å². The predicted molar refractivity (Wildman–Crippen MR) is 110 cm³/mol. The average Bonchev–Trinajstić information content (AvgIpc) is 2.77. The van der Waals surface area contributed by atoms with Gasteiger partial charge in [-0.05, 0) is 42.5 Å². The topological polar surface area (TPSA) is 119 Å². The molecule has 0 bridgehead atoms. The van der Waals surface area contributed by atoms with Crippen molar-refractivity contribution in [1.82, 2.24) is 4.90 Å². The summed E-state index contributed by atoms with van der Waals surface area (Å²) >= 11 is 0. The molecule has 30 heavy (non-hydrogen) atoms. The Hall–Kier alpha value is -3.11. The first kappa shape index (κ1) is 21.6. The number of carbonyl (C=O) groups is 2. The van der Waals surface area contributed by atoms with Crippen molar-refractivity contribution in [2.45, 2.75) is 4.90 Å². The number of rotatable bonds is 5. The highest BCUT2D eigenvalue weighted by Crippen LogP contribution is 2.26. The van der Waals surface area contributed by atoms with Gasteiger partial charge in [0.05, 0.1) is 30.4 Å². The zero-order valence-electron chi connectivity index (χ0n) is 16.7. The number of nitrogens with zero attached hydrogens (tertiary/aromatic N) is 2. The standard InChI is InChI=1S/C20H23N3O6S/c1-28-15-5-3-14(4-6-15)19(24)23-11-9-22(10-12-23)18-8-7-16(30(21,26)27)13-17(18)20(25)29-2/h3-8,13H,9-12H2,1-2H3,(H2,21,26,27). The molecule has 0 aromatic heterocycles. The maximum Gasteiger partial charge on any atom is 0.340 e. The maximum atomic E-state index is 12.7. The van der Waals surface area contributed by atoms with Crippen LogP contribution in [0.4, 0.5) is 5.69 Å². The normalized spacial score (nSPS) is 14.4. The van der Waals surface area contributed by atoms with E-state index in [0.29, 0.717) is 43.2 Å². The van der Waals surface area contributed by atoms with Gasteiger partial charge in [-0.1, -0.05) is 0 Å². The summed E-state index contributed by atoms with van der Waals surface area (Å²) in [7, 11) is -1.17. The van der Waals surface area contributed by atoms with E-state index in [9.17, 15) is 18.0 Å². The van der Waals surface area contributed by atoms with Gasteiger partial charge < -0.3 is 19.3 Å². The molecule has 1 heterocycles. The highest BCUT2D eigenvalue weighted by atomic mass is 32.2. The van der Waals surface area contributed by atoms with Crippen molar-refractivity contribution in [2.24, 2.45) is 5.14 Å². The van der Waals surface area contributed by atoms with Gasteiger partial charge in [0.15, 0.2) is 0 Å². The lowest BCUT2D eigenvalue weighted by Crippen LogP contribution is -2.49. The number of benzene rings is 2. The number of hydrogen-bond acceptors (Lipinski definition) is 7. The minimum Gasteiger partial charge on any atom is -0.497 e. The van der Waals surface area contributed by atoms with E-state index in [2.05, 4.69) is 0 Å². The summed E-state index contributed by atoms with van der Waals surface area (Å²) in [6.45, 7) is 1.84. The number of carbonyl (C=O) groups excluding carboxylic acids is 2. The highest BCUT2D eigenvalue weighted by molar-refractivity contribution is 7.89. The number of primary sulfonamides is 1. The molecule has 9 nitrogen and oxygen atoms in total. The lowest BCUT2D eigenvalue weighted by molar-refractivity contribution is 0.0599. The molecule has 1 amide bonds. The van der Waals surface area contributed by atoms with Crippen LogP contribution in [0, 0.1) is 0 Å². The Morgan fingerprint density at radius 3 is 2.13 bits per heavy atom. The number of hydrogen-bond donors (Lipinski definition) is 1. The molecule has 160 valence electrons. The molecule has 1 aliphatic heterocycles. The quantitative estimate of drug-likeness (QED) is 0.701. The van der Waals surface area contributed by atoms with Crippen LogP contribution in [0.2, 0.25) is 0 Å². The zero-order chi connectivity index (χ0) is 21.9. The highest BCUT2D eigenvalue weighted by Gasteiger charge is 2.26. The zero-order valence-corrected chi connectivity index (χ0v) is 17.5. The van der Waals surface area contributed by atoms with Gasteiger partial charge in [0.25, 0.3) is 5.91 Å². The van der Waals surface area contributed by atoms with E-state index < -0.39 is 16.0 Å². The second-order valence-electron chi connectivity index (χ2n) is 6.72. The lowest BCUT2D eigenvalue weighted by atomic mass is 10.1. The fraction of sp³-hybridized carbons (Fsp3) is 0.300. The fourth-order valence-electron chi connectivity index (χ4n) is 3.31. The first-order valence-corrected chi connectivity index (χ1v) is 10.7. The number of anilines is 1. The summed E-state index contributed by atoms with van der Waals surface area (Å²) in [6, 6.07) is 11.0. The van der Waals surface area contributed by atoms with E-state index in [0.717, 1.165) is 0 Å². The second kappa shape index (κ2) is 8.72. The summed E-state index contributed by atoms with van der Waals surface area (Å²) < 4.78 is 33.2. The van der Waals surface area contributed by atoms with Gasteiger partial charge in [-0.25, -0.2) is 18.4 Å². The van der Waals surface area contributed by atoms with Gasteiger partial charge in [-0.15, -0.1) is 0 Å². The second-order valence-corrected chi connectivity index (χ2v) is 8.28. The van der Waals surface area contributed by atoms with E-state index >= 15 is 0 Å². The smallest absolute Gasteiger partial charge is 0.340 e. The summed E-state index contributed by atoms with van der Waals surface area (Å²) in [6.07, 6.45) is 0. The maximum absolute atomic E-state index is 12.7. The Morgan fingerprint density at radius 2 is 1.60 bits per heavy atom. The molecule has 0 saturated carbocycles. The third-order valence-electron chi connectivity index (χ3n) is 4.95. The Labute approximate surface area is 175 Å². The number of methoxy groups -OCH3 is 2. The van der Waals surface area contributed by atoms with Crippen LogP contribution in [-0.4, -0.2) is 65.6 Å². The molecule has 2 N–H and O–H groups in total. The molecule has 1 fully saturated rings. The summed E-state index contributed by atoms with van der Waals surface area (Å²) in [5, 5.41) is 5.18. The van der Waals surface area contributed by atoms with Crippen molar-refractivity contribution < 1.29 is 27.5 Å². The SMILES string of the molecule is COC(=O)c1cc(S(N)(=O)=O)ccc1N1CCN(C(=O)c2ccc(OC)cc2)CC1. The largest absolute Gasteiger partial charge is 0.497 e. The average molecular weight is 433 g/mol. The van der Waals surface area contributed by atoms with E-state index in [1.807, 2.05) is 4.90 Å². The molecule has 0 unspecified atom stereocenters. The Bertz CT molecular complexity index is 1040. The number of nitrogens with two attached hydrogens (primary N) is 1. The summed E-state index contributed by atoms with van der Waals surface area (Å²) in [5.41, 5.74) is 1.21. The molecule has 0 radical (unpaired) electrons. The van der Waals surface area contributed by atoms with Crippen LogP contribution in [0.1, 0.15) is 20.7 Å². The van der Waals surface area contributed by atoms with Gasteiger partial charge in [0, 0.05) is 31.7 Å². The van der Waals surface area contributed by atoms with Gasteiger partial charge in [0.2, 0.25) is 10.0 Å². The predicted octanol–water partition coefficient (Wildman–Crippen LogP) is 1.09. The third-order valence-corrected chi connectivity index (χ3v) is 5.86. The van der Waals surface area contributed by atoms with Crippen molar-refractivity contribution >= 4 is 27.6 Å². The number of piperazine rings is 1. The molecule has 2 aromatic rings. The molecular weight excluding hydrogens is 410 g/mol. The van der Waals surface area contributed by atoms with Crippen molar-refractivity contribution in [2.75, 3.05) is 45.3 Å². The van der Waals surface area contributed by atoms with Crippen LogP contribution >= 0.6 is 0 Å². The van der Waals surface area contributed by atoms with Crippen molar-refractivity contribution in [3.63, 3.8) is 0 Å². The van der Waals surface area contributed by atoms with Crippen LogP contribution < -0.4 is 14.8 Å². The van der Waals surface area contributed by atoms with E-state index in [-0.39, 0.29) is 16.4 Å². The van der Waals surface area contributed by atoms with Crippen molar-refractivity contribution in [1.29, 1.82) is 0 Å². The summed E-state index contributed by atoms with van der Waals surface area (Å²) in [4.78, 5) is 28.4. The molecule has 0 aliphatic carbocycles. The lowest BCUT2D eigenvalue weighted by Gasteiger charge is -2.36. The minimum atomic E-state index is -3.96. The van der Waals surface area contributed by atoms with Gasteiger partial charge >= 0.3 is 5.97 Å². The monoisotopic (exact) mass is 433 g/mol. The molecule has 2 aromatic carbocycles. The molecule has 10 heteroatoms. The Kier molecular flexibility index (Phi) is 6.28. The summed E-state index contributed by atoms with van der Waals surface area (Å²) in [5.74, 6) is -0.0723. The fourth-order valence-corrected chi connectivity index (χ4v) is 3.85. The van der Waals surface area contributed by atoms with Crippen molar-refractivity contribution in [3.05, 3.63) is 53.6 Å². The molecule has 0 spiro atoms. The third kappa shape index (κ3) is 4.55. The van der Waals surface area contributed by atoms with Gasteiger partial charge in [-0.2, -0.15) is 0 Å². The minimum absolute atomic E-state index is 0.0879. The number of sulfonamides is 1. The van der Waals surface area contributed by atoms with E-state index in [1.165, 1.54) is 25.3 Å². The van der Waals surface area contributed by atoms with Crippen LogP contribution in [0.3, 0.4) is 0 Å². The first-order valence-electron chi connectivity index (χ1n) is 9.18. The van der Waals surface area contributed by atoms with Crippen molar-refractivity contribution in [3.8, 4) is 5.75 Å². The van der Waals surface area contributed by atoms with Gasteiger partial charge in [-0.3, -0.25) is 4.79 Å². The van der Waals surface area contributed by atoms with Crippen LogP contribution in [-0.2, 0) is 14.8 Å². The molecular formula is C20H23N3O6S. The Balaban J connectivity index is 1.76. The van der Waals surface area contributed by atoms with E-state index in [1.54, 1.807) is 36.3 Å². The first-order chi connectivity index (χ1) is 14.2. The van der Waals surface area contributed by atoms with E-state index in [4.69, 9.17) is 14.6 Å². The molecule has 0 atom stereocenters. The number of amides is 1. The Morgan fingerprint density at radius 1 is 0.967 bits per heavy atom. The van der Waals surface area contributed by atoms with Crippen LogP contribution in [0.25, 0.3) is 0 Å². The molecule has 1 saturated heterocycles. The number of ether oxygens (including phenoxy) is 2. The van der Waals surface area contributed by atoms with Gasteiger partial charge in [0.1, 0.15) is 5.75 Å². The molecule has 1 aliphatic rings. The van der Waals surface area contributed by atoms with Crippen LogP contribution in [0.15, 0.2) is 47.4 Å². The molecule has 3 rings (SSSR count).